The van der Waals surface area contributed by atoms with E-state index in [9.17, 15) is 9.59 Å². The number of amides is 2. The van der Waals surface area contributed by atoms with Gasteiger partial charge >= 0.3 is 0 Å². The maximum Gasteiger partial charge on any atom is 0.248 e. The van der Waals surface area contributed by atoms with Crippen molar-refractivity contribution in [3.05, 3.63) is 0 Å². The molecule has 2 heterocycles. The maximum absolute atomic E-state index is 12.8. The lowest BCUT2D eigenvalue weighted by Gasteiger charge is -2.45. The van der Waals surface area contributed by atoms with E-state index in [1.807, 2.05) is 37.4 Å². The maximum atomic E-state index is 12.8. The van der Waals surface area contributed by atoms with Gasteiger partial charge < -0.3 is 10.2 Å². The van der Waals surface area contributed by atoms with Crippen LogP contribution in [-0.2, 0) is 9.59 Å². The number of carbonyl (C=O) groups excluding carboxylic acids is 2. The van der Waals surface area contributed by atoms with Crippen LogP contribution in [0.2, 0.25) is 0 Å². The van der Waals surface area contributed by atoms with Crippen LogP contribution in [0.5, 0.6) is 0 Å². The van der Waals surface area contributed by atoms with Gasteiger partial charge in [0.15, 0.2) is 0 Å². The van der Waals surface area contributed by atoms with Crippen LogP contribution in [0.1, 0.15) is 40.0 Å². The van der Waals surface area contributed by atoms with Crippen LogP contribution < -0.4 is 5.32 Å². The van der Waals surface area contributed by atoms with Crippen molar-refractivity contribution in [2.75, 3.05) is 18.1 Å². The second kappa shape index (κ2) is 5.73. The quantitative estimate of drug-likeness (QED) is 0.854. The van der Waals surface area contributed by atoms with Crippen molar-refractivity contribution in [1.29, 1.82) is 0 Å². The molecule has 0 aromatic rings. The van der Waals surface area contributed by atoms with Crippen molar-refractivity contribution in [3.63, 3.8) is 0 Å². The molecule has 0 aliphatic carbocycles. The normalized spacial score (nSPS) is 30.6. The molecule has 2 aliphatic heterocycles. The molecule has 0 bridgehead atoms. The summed E-state index contributed by atoms with van der Waals surface area (Å²) in [7, 11) is 0. The first-order chi connectivity index (χ1) is 9.04. The molecule has 4 nitrogen and oxygen atoms in total. The van der Waals surface area contributed by atoms with Crippen LogP contribution in [0, 0.1) is 5.92 Å². The highest BCUT2D eigenvalue weighted by Crippen LogP contribution is 2.29. The lowest BCUT2D eigenvalue weighted by molar-refractivity contribution is -0.155. The molecular formula is C14H24N2O2S. The summed E-state index contributed by atoms with van der Waals surface area (Å²) in [5.41, 5.74) is -0.671. The number of nitrogens with zero attached hydrogens (tertiary/aromatic N) is 1. The molecule has 0 aromatic heterocycles. The largest absolute Gasteiger partial charge is 0.340 e. The summed E-state index contributed by atoms with van der Waals surface area (Å²) < 4.78 is 0. The molecule has 2 amide bonds. The minimum Gasteiger partial charge on any atom is -0.340 e. The van der Waals surface area contributed by atoms with Gasteiger partial charge in [-0.1, -0.05) is 13.8 Å². The lowest BCUT2D eigenvalue weighted by Crippen LogP contribution is -2.69. The fraction of sp³-hybridized carbons (Fsp3) is 0.857. The predicted octanol–water partition coefficient (Wildman–Crippen LogP) is 1.65. The average Bonchev–Trinajstić information content (AvgIpc) is 2.92. The fourth-order valence-electron chi connectivity index (χ4n) is 2.96. The standard InChI is InChI=1S/C14H24N2O2S/c1-4-14(5-2)13(18)16(10(3)12(17)15-14)8-11-6-7-19-9-11/h10-11H,4-9H2,1-3H3,(H,15,17). The lowest BCUT2D eigenvalue weighted by atomic mass is 9.87. The Bertz CT molecular complexity index is 362. The van der Waals surface area contributed by atoms with Gasteiger partial charge in [0.2, 0.25) is 11.8 Å². The molecule has 2 saturated heterocycles. The van der Waals surface area contributed by atoms with E-state index in [0.29, 0.717) is 18.8 Å². The van der Waals surface area contributed by atoms with Gasteiger partial charge in [0, 0.05) is 6.54 Å². The Labute approximate surface area is 119 Å². The van der Waals surface area contributed by atoms with Crippen LogP contribution >= 0.6 is 11.8 Å². The minimum atomic E-state index is -0.671. The fourth-order valence-corrected chi connectivity index (χ4v) is 4.23. The smallest absolute Gasteiger partial charge is 0.248 e. The van der Waals surface area contributed by atoms with Crippen molar-refractivity contribution in [3.8, 4) is 0 Å². The van der Waals surface area contributed by atoms with E-state index >= 15 is 0 Å². The second-order valence-electron chi connectivity index (χ2n) is 5.64. The van der Waals surface area contributed by atoms with Gasteiger partial charge in [0.1, 0.15) is 11.6 Å². The molecule has 0 aromatic carbocycles. The SMILES string of the molecule is CCC1(CC)NC(=O)C(C)N(CC2CCSC2)C1=O. The summed E-state index contributed by atoms with van der Waals surface area (Å²) >= 11 is 1.95. The molecule has 19 heavy (non-hydrogen) atoms. The van der Waals surface area contributed by atoms with Crippen molar-refractivity contribution in [2.24, 2.45) is 5.92 Å². The average molecular weight is 284 g/mol. The zero-order valence-electron chi connectivity index (χ0n) is 12.1. The van der Waals surface area contributed by atoms with E-state index in [1.165, 1.54) is 5.75 Å². The first-order valence-corrected chi connectivity index (χ1v) is 8.40. The zero-order chi connectivity index (χ0) is 14.0. The molecule has 2 aliphatic rings. The predicted molar refractivity (Wildman–Crippen MR) is 78.1 cm³/mol. The Morgan fingerprint density at radius 3 is 2.58 bits per heavy atom. The summed E-state index contributed by atoms with van der Waals surface area (Å²) in [6.45, 7) is 6.52. The molecule has 2 rings (SSSR count). The number of thioether (sulfide) groups is 1. The number of piperazine rings is 1. The van der Waals surface area contributed by atoms with E-state index in [2.05, 4.69) is 5.32 Å². The molecular weight excluding hydrogens is 260 g/mol. The van der Waals surface area contributed by atoms with Gasteiger partial charge in [-0.15, -0.1) is 0 Å². The second-order valence-corrected chi connectivity index (χ2v) is 6.79. The molecule has 0 radical (unpaired) electrons. The van der Waals surface area contributed by atoms with Gasteiger partial charge in [-0.3, -0.25) is 9.59 Å². The summed E-state index contributed by atoms with van der Waals surface area (Å²) in [6.07, 6.45) is 2.49. The van der Waals surface area contributed by atoms with Gasteiger partial charge in [-0.2, -0.15) is 11.8 Å². The van der Waals surface area contributed by atoms with Gasteiger partial charge in [0.25, 0.3) is 0 Å². The van der Waals surface area contributed by atoms with Crippen LogP contribution in [0.15, 0.2) is 0 Å². The van der Waals surface area contributed by atoms with E-state index in [-0.39, 0.29) is 17.9 Å². The van der Waals surface area contributed by atoms with Crippen LogP contribution in [0.4, 0.5) is 0 Å². The Hall–Kier alpha value is -0.710. The molecule has 1 N–H and O–H groups in total. The van der Waals surface area contributed by atoms with Crippen molar-refractivity contribution >= 4 is 23.6 Å². The van der Waals surface area contributed by atoms with Crippen molar-refractivity contribution in [2.45, 2.75) is 51.6 Å². The highest BCUT2D eigenvalue weighted by Gasteiger charge is 2.47. The number of rotatable bonds is 4. The molecule has 2 fully saturated rings. The first kappa shape index (κ1) is 14.7. The van der Waals surface area contributed by atoms with Crippen molar-refractivity contribution in [1.82, 2.24) is 10.2 Å². The molecule has 108 valence electrons. The topological polar surface area (TPSA) is 49.4 Å². The van der Waals surface area contributed by atoms with E-state index in [0.717, 1.165) is 18.7 Å². The number of hydrogen-bond acceptors (Lipinski definition) is 3. The molecule has 5 heteroatoms. The Morgan fingerprint density at radius 2 is 2.05 bits per heavy atom. The highest BCUT2D eigenvalue weighted by atomic mass is 32.2. The molecule has 0 saturated carbocycles. The van der Waals surface area contributed by atoms with Crippen LogP contribution in [-0.4, -0.2) is 46.3 Å². The summed E-state index contributed by atoms with van der Waals surface area (Å²) in [5, 5.41) is 2.95. The third-order valence-corrected chi connectivity index (χ3v) is 5.80. The molecule has 2 unspecified atom stereocenters. The van der Waals surface area contributed by atoms with Gasteiger partial charge in [-0.25, -0.2) is 0 Å². The summed E-state index contributed by atoms with van der Waals surface area (Å²) in [5.74, 6) is 2.95. The van der Waals surface area contributed by atoms with Gasteiger partial charge in [0.05, 0.1) is 0 Å². The number of hydrogen-bond donors (Lipinski definition) is 1. The zero-order valence-corrected chi connectivity index (χ0v) is 12.9. The van der Waals surface area contributed by atoms with Gasteiger partial charge in [-0.05, 0) is 43.6 Å². The molecule has 2 atom stereocenters. The van der Waals surface area contributed by atoms with Crippen LogP contribution in [0.3, 0.4) is 0 Å². The first-order valence-electron chi connectivity index (χ1n) is 7.25. The van der Waals surface area contributed by atoms with E-state index in [4.69, 9.17) is 0 Å². The Kier molecular flexibility index (Phi) is 4.43. The Balaban J connectivity index is 2.18. The van der Waals surface area contributed by atoms with Crippen LogP contribution in [0.25, 0.3) is 0 Å². The van der Waals surface area contributed by atoms with E-state index in [1.54, 1.807) is 0 Å². The number of carbonyl (C=O) groups is 2. The third kappa shape index (κ3) is 2.62. The molecule has 0 spiro atoms. The third-order valence-electron chi connectivity index (χ3n) is 4.57. The number of nitrogens with one attached hydrogen (secondary N) is 1. The van der Waals surface area contributed by atoms with Crippen molar-refractivity contribution < 1.29 is 9.59 Å². The highest BCUT2D eigenvalue weighted by molar-refractivity contribution is 7.99. The summed E-state index contributed by atoms with van der Waals surface area (Å²) in [4.78, 5) is 26.7. The van der Waals surface area contributed by atoms with E-state index < -0.39 is 5.54 Å². The Morgan fingerprint density at radius 1 is 1.37 bits per heavy atom. The minimum absolute atomic E-state index is 0.00560. The monoisotopic (exact) mass is 284 g/mol. The summed E-state index contributed by atoms with van der Waals surface area (Å²) in [6, 6.07) is -0.329.